The molecule has 84 heavy (non-hydrogen) atoms. The molecule has 1 atom stereocenters. The van der Waals surface area contributed by atoms with E-state index in [-0.39, 0.29) is 39.1 Å². The Morgan fingerprint density at radius 2 is 1.04 bits per heavy atom. The van der Waals surface area contributed by atoms with Crippen molar-refractivity contribution >= 4 is 0 Å². The Labute approximate surface area is 512 Å². The summed E-state index contributed by atoms with van der Waals surface area (Å²) in [6, 6.07) is 0.667. The van der Waals surface area contributed by atoms with E-state index in [1.165, 1.54) is 44.9 Å². The molecule has 1 unspecified atom stereocenters. The molecule has 5 aromatic rings. The molecule has 480 valence electrons. The molecule has 0 aliphatic carbocycles. The quantitative estimate of drug-likeness (QED) is 0.155. The zero-order valence-electron chi connectivity index (χ0n) is 60.0. The number of likely N-dealkylation sites (N-methyl/N-ethyl adjacent to an activating group) is 1. The highest BCUT2D eigenvalue weighted by atomic mass is 16.5. The molecule has 16 heteroatoms. The van der Waals surface area contributed by atoms with Crippen LogP contribution >= 0.6 is 0 Å². The molecular weight excluding hydrogens is 1050 g/mol. The monoisotopic (exact) mass is 1170 g/mol. The van der Waals surface area contributed by atoms with Gasteiger partial charge in [0.15, 0.2) is 0 Å². The number of aliphatic hydroxyl groups is 1. The SMILES string of the molecule is CCN(C1COC1)C(C)(C)C.COC(C1COC1)C(C)(C)C.Cc1cnn(C)c1C(C)(C)C.Cc1nn(C)c(C)c1C(C)(C)C.Cc1nn(CCO)c(C)c1C(C)(C)C.Cc1noc(C)c1C(C)(C)C.[C-]#[N+]Cn1nc(C)c(C(C)(C)C)c1C. The van der Waals surface area contributed by atoms with Gasteiger partial charge in [-0.3, -0.25) is 23.8 Å². The number of methoxy groups -OCH3 is 1. The number of nitrogens with zero attached hydrogens (tertiary/aromatic N) is 11. The molecule has 0 saturated carbocycles. The Hall–Kier alpha value is -4.66. The molecule has 2 fully saturated rings. The van der Waals surface area contributed by atoms with Crippen molar-refractivity contribution in [1.82, 2.24) is 49.2 Å². The topological polar surface area (TPSA) is 153 Å². The van der Waals surface area contributed by atoms with Crippen LogP contribution < -0.4 is 0 Å². The van der Waals surface area contributed by atoms with Crippen molar-refractivity contribution in [3.8, 4) is 0 Å². The Morgan fingerprint density at radius 1 is 0.607 bits per heavy atom. The lowest BCUT2D eigenvalue weighted by Gasteiger charge is -2.44. The van der Waals surface area contributed by atoms with Gasteiger partial charge in [0.2, 0.25) is 0 Å². The summed E-state index contributed by atoms with van der Waals surface area (Å²) in [5.41, 5.74) is 16.9. The van der Waals surface area contributed by atoms with Crippen molar-refractivity contribution in [1.29, 1.82) is 0 Å². The van der Waals surface area contributed by atoms with E-state index in [4.69, 9.17) is 30.4 Å². The summed E-state index contributed by atoms with van der Waals surface area (Å²) in [6.45, 7) is 79.5. The summed E-state index contributed by atoms with van der Waals surface area (Å²) < 4.78 is 28.4. The highest BCUT2D eigenvalue weighted by Gasteiger charge is 2.37. The van der Waals surface area contributed by atoms with Gasteiger partial charge in [-0.2, -0.15) is 25.1 Å². The normalized spacial score (nSPS) is 14.5. The highest BCUT2D eigenvalue weighted by Crippen LogP contribution is 2.33. The van der Waals surface area contributed by atoms with Gasteiger partial charge in [-0.1, -0.05) is 137 Å². The van der Waals surface area contributed by atoms with E-state index >= 15 is 0 Å². The summed E-state index contributed by atoms with van der Waals surface area (Å²) in [6.07, 6.45) is 2.26. The maximum absolute atomic E-state index is 8.89. The fourth-order valence-corrected chi connectivity index (χ4v) is 12.5. The molecule has 2 aliphatic rings. The van der Waals surface area contributed by atoms with Crippen LogP contribution in [0.15, 0.2) is 10.7 Å². The summed E-state index contributed by atoms with van der Waals surface area (Å²) in [7, 11) is 5.78. The predicted molar refractivity (Wildman–Crippen MR) is 348 cm³/mol. The summed E-state index contributed by atoms with van der Waals surface area (Å²) in [5.74, 6) is 1.55. The first-order chi connectivity index (χ1) is 38.0. The molecule has 0 spiro atoms. The third-order valence-electron chi connectivity index (χ3n) is 15.1. The number of hydrogen-bond donors (Lipinski definition) is 1. The van der Waals surface area contributed by atoms with E-state index in [2.05, 4.69) is 215 Å². The van der Waals surface area contributed by atoms with Crippen LogP contribution in [0.1, 0.15) is 231 Å². The van der Waals surface area contributed by atoms with Crippen molar-refractivity contribution in [3.05, 3.63) is 96.7 Å². The Kier molecular flexibility index (Phi) is 28.8. The van der Waals surface area contributed by atoms with Crippen LogP contribution in [0.25, 0.3) is 4.85 Å². The lowest BCUT2D eigenvalue weighted by Crippen LogP contribution is -2.56. The Balaban J connectivity index is 0.000000491. The molecule has 1 N–H and O–H groups in total. The van der Waals surface area contributed by atoms with Crippen molar-refractivity contribution in [2.75, 3.05) is 46.7 Å². The fraction of sp³-hybridized carbons (Fsp3) is 0.765. The molecule has 0 radical (unpaired) electrons. The molecule has 2 saturated heterocycles. The van der Waals surface area contributed by atoms with Crippen molar-refractivity contribution in [2.45, 2.75) is 273 Å². The summed E-state index contributed by atoms with van der Waals surface area (Å²) in [4.78, 5) is 5.85. The Morgan fingerprint density at radius 3 is 1.24 bits per heavy atom. The number of aryl methyl sites for hydroxylation is 8. The fourth-order valence-electron chi connectivity index (χ4n) is 12.5. The number of rotatable bonds is 7. The largest absolute Gasteiger partial charge is 0.394 e. The summed E-state index contributed by atoms with van der Waals surface area (Å²) in [5, 5.41) is 30.2. The molecule has 16 nitrogen and oxygen atoms in total. The van der Waals surface area contributed by atoms with Crippen molar-refractivity contribution in [2.24, 2.45) is 25.4 Å². The molecule has 0 bridgehead atoms. The minimum atomic E-state index is 0.106. The van der Waals surface area contributed by atoms with Crippen LogP contribution in [-0.4, -0.2) is 119 Å². The van der Waals surface area contributed by atoms with E-state index in [0.29, 0.717) is 36.8 Å². The first kappa shape index (κ1) is 77.4. The minimum Gasteiger partial charge on any atom is -0.394 e. The lowest BCUT2D eigenvalue weighted by atomic mass is 9.80. The Bertz CT molecular complexity index is 2670. The van der Waals surface area contributed by atoms with Gasteiger partial charge in [0.1, 0.15) is 5.76 Å². The number of ether oxygens (including phenoxy) is 3. The standard InChI is InChI=1S/C11H17N3.C11H20N2O.C10H18N2.C9H16N2.C9H15NO.C9H19NO.C9H18O2/c1-8-10(11(3,4)5)9(2)14(13-8)7-12-6;1-8-10(11(3,4)5)9(2)13(12-8)6-7-14;1-7-9(10(3,4)5)8(2)12(6)11-7;1-7-6-10-11(5)8(7)9(2,3)4;1-6-8(9(3,4)5)7(2)11-10-6;1-5-10(9(2,3)4)8-6-11-7-8;1-9(2,3)8(10-4)7-5-11-6-7/h7H2,1-5H3;14H,6-7H2,1-5H3;1-6H3;6H,1-5H3;1-5H3;8H,5-7H2,1-4H3;7-8H,5-6H2,1-4H3. The molecular formula is C68H123N11O5. The van der Waals surface area contributed by atoms with E-state index < -0.39 is 0 Å². The zero-order valence-corrected chi connectivity index (χ0v) is 60.0. The second kappa shape index (κ2) is 31.3. The molecule has 0 aromatic carbocycles. The highest BCUT2D eigenvalue weighted by molar-refractivity contribution is 5.33. The summed E-state index contributed by atoms with van der Waals surface area (Å²) >= 11 is 0. The average Bonchev–Trinajstić information content (AvgIpc) is 4.29. The minimum absolute atomic E-state index is 0.106. The van der Waals surface area contributed by atoms with E-state index in [0.717, 1.165) is 67.2 Å². The van der Waals surface area contributed by atoms with Gasteiger partial charge in [-0.25, -0.2) is 6.57 Å². The van der Waals surface area contributed by atoms with E-state index in [1.54, 1.807) is 11.8 Å². The zero-order chi connectivity index (χ0) is 65.6. The van der Waals surface area contributed by atoms with Crippen LogP contribution in [0, 0.1) is 80.2 Å². The maximum Gasteiger partial charge on any atom is 0.307 e. The van der Waals surface area contributed by atoms with E-state index in [9.17, 15) is 0 Å². The molecule has 0 amide bonds. The number of aromatic nitrogens is 9. The second-order valence-corrected chi connectivity index (χ2v) is 30.2. The van der Waals surface area contributed by atoms with Crippen LogP contribution in [0.4, 0.5) is 0 Å². The van der Waals surface area contributed by atoms with Gasteiger partial charge in [-0.05, 0) is 122 Å². The maximum atomic E-state index is 8.89. The van der Waals surface area contributed by atoms with Gasteiger partial charge < -0.3 is 23.8 Å². The molecule has 2 aliphatic heterocycles. The van der Waals surface area contributed by atoms with Gasteiger partial charge >= 0.3 is 6.67 Å². The van der Waals surface area contributed by atoms with Crippen LogP contribution in [-0.2, 0) is 68.6 Å². The van der Waals surface area contributed by atoms with Gasteiger partial charge in [0.05, 0.1) is 80.7 Å². The van der Waals surface area contributed by atoms with Gasteiger partial charge in [-0.15, -0.1) is 0 Å². The third-order valence-corrected chi connectivity index (χ3v) is 15.1. The van der Waals surface area contributed by atoms with Crippen molar-refractivity contribution < 1.29 is 23.8 Å². The second-order valence-electron chi connectivity index (χ2n) is 30.2. The average molecular weight is 1170 g/mol. The number of hydrogen-bond acceptors (Lipinski definition) is 11. The van der Waals surface area contributed by atoms with Gasteiger partial charge in [0, 0.05) is 83.1 Å². The first-order valence-electron chi connectivity index (χ1n) is 30.5. The van der Waals surface area contributed by atoms with Crippen LogP contribution in [0.5, 0.6) is 0 Å². The molecule has 7 rings (SSSR count). The van der Waals surface area contributed by atoms with Crippen LogP contribution in [0.2, 0.25) is 0 Å². The van der Waals surface area contributed by atoms with Crippen LogP contribution in [0.3, 0.4) is 0 Å². The van der Waals surface area contributed by atoms with Crippen molar-refractivity contribution in [3.63, 3.8) is 0 Å². The third kappa shape index (κ3) is 22.6. The number of aliphatic hydroxyl groups excluding tert-OH is 1. The molecule has 7 heterocycles. The first-order valence-corrected chi connectivity index (χ1v) is 30.5. The lowest BCUT2D eigenvalue weighted by molar-refractivity contribution is -0.136. The smallest absolute Gasteiger partial charge is 0.307 e. The molecule has 5 aromatic heterocycles. The van der Waals surface area contributed by atoms with E-state index in [1.807, 2.05) is 69.0 Å². The predicted octanol–water partition coefficient (Wildman–Crippen LogP) is 14.6. The van der Waals surface area contributed by atoms with Gasteiger partial charge in [0.25, 0.3) is 0 Å².